The quantitative estimate of drug-likeness (QED) is 0.172. The minimum absolute atomic E-state index is 0.280. The van der Waals surface area contributed by atoms with Crippen molar-refractivity contribution in [2.45, 2.75) is 26.3 Å². The maximum atomic E-state index is 12.5. The molecule has 3 amide bonds. The van der Waals surface area contributed by atoms with Crippen LogP contribution in [0.25, 0.3) is 0 Å². The van der Waals surface area contributed by atoms with Crippen molar-refractivity contribution in [3.63, 3.8) is 0 Å². The van der Waals surface area contributed by atoms with Gasteiger partial charge in [0.05, 0.1) is 11.3 Å². The predicted octanol–water partition coefficient (Wildman–Crippen LogP) is 1.52. The third kappa shape index (κ3) is 6.81. The van der Waals surface area contributed by atoms with Gasteiger partial charge in [0.25, 0.3) is 11.8 Å². The monoisotopic (exact) mass is 370 g/mol. The Morgan fingerprint density at radius 2 is 1.92 bits per heavy atom. The molecular weight excluding hydrogens is 348 g/mol. The number of anilines is 1. The van der Waals surface area contributed by atoms with E-state index in [0.717, 1.165) is 12.2 Å². The van der Waals surface area contributed by atoms with Gasteiger partial charge in [0.15, 0.2) is 0 Å². The first kappa shape index (κ1) is 20.3. The van der Waals surface area contributed by atoms with E-state index < -0.39 is 17.9 Å². The zero-order chi connectivity index (χ0) is 17.9. The number of carbonyl (C=O) groups excluding carboxylic acids is 3. The van der Waals surface area contributed by atoms with Gasteiger partial charge in [-0.3, -0.25) is 19.8 Å². The van der Waals surface area contributed by atoms with Crippen LogP contribution in [0, 0.1) is 0 Å². The maximum Gasteiger partial charge on any atom is 0.257 e. The molecule has 0 spiro atoms. The van der Waals surface area contributed by atoms with Crippen molar-refractivity contribution in [1.29, 1.82) is 0 Å². The number of rotatable bonds is 9. The molecule has 1 unspecified atom stereocenters. The van der Waals surface area contributed by atoms with E-state index in [9.17, 15) is 14.4 Å². The molecule has 5 N–H and O–H groups in total. The molecule has 0 heterocycles. The van der Waals surface area contributed by atoms with Crippen molar-refractivity contribution >= 4 is 45.0 Å². The largest absolute Gasteiger partial charge is 0.339 e. The molecule has 0 fully saturated rings. The molecule has 7 nitrogen and oxygen atoms in total. The molecule has 0 aliphatic heterocycles. The standard InChI is InChI=1S/C15H22N4O3S2/c1-3-8-23-24-9-13(15(22)19-16)18-14(21)11-6-4-5-7-12(11)17-10(2)20/h4-7,13H,3,8-9,16H2,1-2H3,(H,17,20)(H,18,21)(H,19,22). The Hall–Kier alpha value is -1.71. The van der Waals surface area contributed by atoms with E-state index in [2.05, 4.69) is 23.0 Å². The summed E-state index contributed by atoms with van der Waals surface area (Å²) in [4.78, 5) is 35.6. The van der Waals surface area contributed by atoms with E-state index >= 15 is 0 Å². The highest BCUT2D eigenvalue weighted by atomic mass is 33.1. The average molecular weight is 371 g/mol. The summed E-state index contributed by atoms with van der Waals surface area (Å²) in [5.74, 6) is 5.34. The second kappa shape index (κ2) is 11.0. The van der Waals surface area contributed by atoms with Crippen molar-refractivity contribution in [3.05, 3.63) is 29.8 Å². The number of para-hydroxylation sites is 1. The van der Waals surface area contributed by atoms with Crippen LogP contribution < -0.4 is 21.9 Å². The smallest absolute Gasteiger partial charge is 0.257 e. The van der Waals surface area contributed by atoms with Crippen LogP contribution in [0.15, 0.2) is 24.3 Å². The fraction of sp³-hybridized carbons (Fsp3) is 0.400. The fourth-order valence-electron chi connectivity index (χ4n) is 1.76. The van der Waals surface area contributed by atoms with Gasteiger partial charge in [0.2, 0.25) is 5.91 Å². The van der Waals surface area contributed by atoms with E-state index in [1.807, 2.05) is 0 Å². The summed E-state index contributed by atoms with van der Waals surface area (Å²) in [5, 5.41) is 5.25. The highest BCUT2D eigenvalue weighted by molar-refractivity contribution is 8.76. The van der Waals surface area contributed by atoms with Gasteiger partial charge in [-0.05, 0) is 18.6 Å². The summed E-state index contributed by atoms with van der Waals surface area (Å²) >= 11 is 0. The van der Waals surface area contributed by atoms with E-state index in [1.165, 1.54) is 17.7 Å². The summed E-state index contributed by atoms with van der Waals surface area (Å²) in [6.45, 7) is 3.43. The van der Waals surface area contributed by atoms with Gasteiger partial charge in [-0.15, -0.1) is 0 Å². The van der Waals surface area contributed by atoms with Gasteiger partial charge in [-0.2, -0.15) is 0 Å². The van der Waals surface area contributed by atoms with Crippen LogP contribution in [0.5, 0.6) is 0 Å². The Bertz CT molecular complexity index is 584. The van der Waals surface area contributed by atoms with Crippen molar-refractivity contribution < 1.29 is 14.4 Å². The van der Waals surface area contributed by atoms with Crippen LogP contribution in [0.2, 0.25) is 0 Å². The Morgan fingerprint density at radius 3 is 2.54 bits per heavy atom. The van der Waals surface area contributed by atoms with Gasteiger partial charge >= 0.3 is 0 Å². The molecule has 0 aliphatic rings. The number of hydrogen-bond acceptors (Lipinski definition) is 6. The van der Waals surface area contributed by atoms with Crippen molar-refractivity contribution in [3.8, 4) is 0 Å². The number of amides is 3. The van der Waals surface area contributed by atoms with Gasteiger partial charge < -0.3 is 10.6 Å². The molecule has 1 atom stereocenters. The Labute approximate surface area is 149 Å². The lowest BCUT2D eigenvalue weighted by Gasteiger charge is -2.17. The zero-order valence-corrected chi connectivity index (χ0v) is 15.3. The van der Waals surface area contributed by atoms with Gasteiger partial charge in [0, 0.05) is 18.4 Å². The van der Waals surface area contributed by atoms with Crippen LogP contribution in [-0.4, -0.2) is 35.3 Å². The molecule has 9 heteroatoms. The zero-order valence-electron chi connectivity index (χ0n) is 13.6. The van der Waals surface area contributed by atoms with Crippen LogP contribution in [0.1, 0.15) is 30.6 Å². The van der Waals surface area contributed by atoms with E-state index in [-0.39, 0.29) is 11.5 Å². The Balaban J connectivity index is 2.80. The predicted molar refractivity (Wildman–Crippen MR) is 99.5 cm³/mol. The minimum atomic E-state index is -0.762. The van der Waals surface area contributed by atoms with Crippen molar-refractivity contribution in [1.82, 2.24) is 10.7 Å². The Kier molecular flexibility index (Phi) is 9.28. The molecule has 1 aromatic rings. The molecule has 24 heavy (non-hydrogen) atoms. The molecule has 0 bridgehead atoms. The first-order chi connectivity index (χ1) is 11.5. The normalized spacial score (nSPS) is 11.5. The van der Waals surface area contributed by atoms with Crippen LogP contribution in [0.4, 0.5) is 5.69 Å². The third-order valence-electron chi connectivity index (χ3n) is 2.85. The summed E-state index contributed by atoms with van der Waals surface area (Å²) < 4.78 is 0. The first-order valence-corrected chi connectivity index (χ1v) is 9.90. The molecule has 0 saturated heterocycles. The molecule has 132 valence electrons. The number of hydrogen-bond donors (Lipinski definition) is 4. The minimum Gasteiger partial charge on any atom is -0.339 e. The molecular formula is C15H22N4O3S2. The van der Waals surface area contributed by atoms with Crippen molar-refractivity contribution in [2.24, 2.45) is 5.84 Å². The lowest BCUT2D eigenvalue weighted by atomic mass is 10.1. The van der Waals surface area contributed by atoms with E-state index in [1.54, 1.807) is 35.1 Å². The Morgan fingerprint density at radius 1 is 1.21 bits per heavy atom. The van der Waals surface area contributed by atoms with E-state index in [4.69, 9.17) is 5.84 Å². The molecule has 0 saturated carbocycles. The second-order valence-electron chi connectivity index (χ2n) is 4.87. The highest BCUT2D eigenvalue weighted by Crippen LogP contribution is 2.23. The summed E-state index contributed by atoms with van der Waals surface area (Å²) in [6.07, 6.45) is 1.03. The maximum absolute atomic E-state index is 12.5. The second-order valence-corrected chi connectivity index (χ2v) is 7.50. The first-order valence-electron chi connectivity index (χ1n) is 7.42. The third-order valence-corrected chi connectivity index (χ3v) is 5.47. The topological polar surface area (TPSA) is 113 Å². The lowest BCUT2D eigenvalue weighted by Crippen LogP contribution is -2.50. The summed E-state index contributed by atoms with van der Waals surface area (Å²) in [6, 6.07) is 5.84. The van der Waals surface area contributed by atoms with E-state index in [0.29, 0.717) is 11.4 Å². The van der Waals surface area contributed by atoms with Gasteiger partial charge in [0.1, 0.15) is 6.04 Å². The molecule has 1 rings (SSSR count). The van der Waals surface area contributed by atoms with Crippen LogP contribution in [0.3, 0.4) is 0 Å². The molecule has 0 aliphatic carbocycles. The highest BCUT2D eigenvalue weighted by Gasteiger charge is 2.22. The SMILES string of the molecule is CCCSSCC(NC(=O)c1ccccc1NC(C)=O)C(=O)NN. The molecule has 1 aromatic carbocycles. The number of nitrogens with one attached hydrogen (secondary N) is 3. The molecule has 0 aromatic heterocycles. The van der Waals surface area contributed by atoms with Gasteiger partial charge in [-0.1, -0.05) is 40.6 Å². The number of nitrogens with two attached hydrogens (primary N) is 1. The number of hydrazine groups is 1. The van der Waals surface area contributed by atoms with Crippen LogP contribution in [-0.2, 0) is 9.59 Å². The van der Waals surface area contributed by atoms with Crippen LogP contribution >= 0.6 is 21.6 Å². The van der Waals surface area contributed by atoms with Gasteiger partial charge in [-0.25, -0.2) is 5.84 Å². The van der Waals surface area contributed by atoms with Crippen molar-refractivity contribution in [2.75, 3.05) is 16.8 Å². The average Bonchev–Trinajstić information content (AvgIpc) is 2.56. The molecule has 0 radical (unpaired) electrons. The summed E-state index contributed by atoms with van der Waals surface area (Å²) in [5.41, 5.74) is 2.74. The fourth-order valence-corrected chi connectivity index (χ4v) is 4.06. The number of benzene rings is 1. The number of carbonyl (C=O) groups is 3. The lowest BCUT2D eigenvalue weighted by molar-refractivity contribution is -0.122. The summed E-state index contributed by atoms with van der Waals surface area (Å²) in [7, 11) is 3.13.